The molecule has 0 heterocycles. The average Bonchev–Trinajstić information content (AvgIpc) is 1.65. The number of rotatable bonds is 2. The highest BCUT2D eigenvalue weighted by Gasteiger charge is 1.86. The van der Waals surface area contributed by atoms with Gasteiger partial charge in [0.15, 0.2) is 6.73 Å². The summed E-state index contributed by atoms with van der Waals surface area (Å²) in [4.78, 5) is 1.15. The van der Waals surface area contributed by atoms with Gasteiger partial charge in [0, 0.05) is 0 Å². The van der Waals surface area contributed by atoms with E-state index >= 15 is 0 Å². The molecule has 0 aliphatic heterocycles. The quantitative estimate of drug-likeness (QED) is 0.395. The Morgan fingerprint density at radius 2 is 2.17 bits per heavy atom. The molecule has 0 bridgehead atoms. The summed E-state index contributed by atoms with van der Waals surface area (Å²) in [5.41, 5.74) is 0. The van der Waals surface area contributed by atoms with Gasteiger partial charge in [0.05, 0.1) is 13.6 Å². The van der Waals surface area contributed by atoms with E-state index in [2.05, 4.69) is 0 Å². The van der Waals surface area contributed by atoms with E-state index in [0.29, 0.717) is 0 Å². The number of hydrogen-bond donors (Lipinski definition) is 2. The summed E-state index contributed by atoms with van der Waals surface area (Å²) >= 11 is 0. The van der Waals surface area contributed by atoms with Crippen LogP contribution in [0.3, 0.4) is 0 Å². The second-order valence-corrected chi connectivity index (χ2v) is 1.47. The molecule has 0 aliphatic rings. The van der Waals surface area contributed by atoms with Crippen LogP contribution in [0.1, 0.15) is 6.92 Å². The summed E-state index contributed by atoms with van der Waals surface area (Å²) in [6.07, 6.45) is 0. The van der Waals surface area contributed by atoms with Gasteiger partial charge in [0.25, 0.3) is 0 Å². The number of aliphatic hydroxyl groups excluding tert-OH is 1. The van der Waals surface area contributed by atoms with Gasteiger partial charge in [0.2, 0.25) is 0 Å². The van der Waals surface area contributed by atoms with Crippen LogP contribution in [0.5, 0.6) is 0 Å². The first-order valence-corrected chi connectivity index (χ1v) is 2.23. The molecule has 1 unspecified atom stereocenters. The molecule has 38 valence electrons. The summed E-state index contributed by atoms with van der Waals surface area (Å²) in [6, 6.07) is 0. The predicted octanol–water partition coefficient (Wildman–Crippen LogP) is -1.53. The van der Waals surface area contributed by atoms with Crippen molar-refractivity contribution in [2.75, 3.05) is 20.3 Å². The Kier molecular flexibility index (Phi) is 3.08. The van der Waals surface area contributed by atoms with Crippen molar-refractivity contribution in [1.29, 1.82) is 0 Å². The van der Waals surface area contributed by atoms with Crippen LogP contribution < -0.4 is 4.90 Å². The third-order valence-corrected chi connectivity index (χ3v) is 0.873. The van der Waals surface area contributed by atoms with Gasteiger partial charge < -0.3 is 10.0 Å². The molecule has 2 heteroatoms. The number of hydrogen-bond acceptors (Lipinski definition) is 1. The first-order chi connectivity index (χ1) is 2.81. The number of nitrogens with one attached hydrogen (secondary N) is 1. The molecule has 2 nitrogen and oxygen atoms in total. The maximum Gasteiger partial charge on any atom is 0.178 e. The summed E-state index contributed by atoms with van der Waals surface area (Å²) in [5.74, 6) is 0. The SMILES string of the molecule is CC[NH+](C)CO. The molecule has 0 saturated carbocycles. The molecule has 0 rings (SSSR count). The molecule has 0 aromatic rings. The van der Waals surface area contributed by atoms with Crippen LogP contribution in [0.4, 0.5) is 0 Å². The summed E-state index contributed by atoms with van der Waals surface area (Å²) in [7, 11) is 1.94. The maximum absolute atomic E-state index is 8.30. The molecule has 6 heavy (non-hydrogen) atoms. The fourth-order valence-electron chi connectivity index (χ4n) is 0.112. The third kappa shape index (κ3) is 2.18. The topological polar surface area (TPSA) is 24.7 Å². The van der Waals surface area contributed by atoms with E-state index in [1.807, 2.05) is 14.0 Å². The van der Waals surface area contributed by atoms with Crippen LogP contribution >= 0.6 is 0 Å². The zero-order valence-corrected chi connectivity index (χ0v) is 4.36. The summed E-state index contributed by atoms with van der Waals surface area (Å²) in [5, 5.41) is 8.30. The van der Waals surface area contributed by atoms with Crippen LogP contribution in [0.2, 0.25) is 0 Å². The molecule has 0 aliphatic carbocycles. The van der Waals surface area contributed by atoms with Crippen molar-refractivity contribution in [2.45, 2.75) is 6.92 Å². The fourth-order valence-corrected chi connectivity index (χ4v) is 0.112. The smallest absolute Gasteiger partial charge is 0.178 e. The predicted molar refractivity (Wildman–Crippen MR) is 24.5 cm³/mol. The first-order valence-electron chi connectivity index (χ1n) is 2.23. The van der Waals surface area contributed by atoms with Gasteiger partial charge >= 0.3 is 0 Å². The van der Waals surface area contributed by atoms with E-state index in [0.717, 1.165) is 11.4 Å². The highest BCUT2D eigenvalue weighted by atomic mass is 16.3. The van der Waals surface area contributed by atoms with Crippen molar-refractivity contribution in [3.05, 3.63) is 0 Å². The molecule has 0 spiro atoms. The minimum Gasteiger partial charge on any atom is -0.347 e. The molecular weight excluding hydrogens is 78.0 g/mol. The van der Waals surface area contributed by atoms with Crippen LogP contribution in [0.25, 0.3) is 0 Å². The number of aliphatic hydroxyl groups is 1. The van der Waals surface area contributed by atoms with Crippen molar-refractivity contribution in [1.82, 2.24) is 0 Å². The molecular formula is C4H12NO+. The van der Waals surface area contributed by atoms with E-state index in [1.54, 1.807) is 0 Å². The van der Waals surface area contributed by atoms with Crippen LogP contribution in [-0.4, -0.2) is 25.4 Å². The van der Waals surface area contributed by atoms with Crippen molar-refractivity contribution >= 4 is 0 Å². The van der Waals surface area contributed by atoms with Gasteiger partial charge in [-0.3, -0.25) is 0 Å². The van der Waals surface area contributed by atoms with Crippen LogP contribution in [0, 0.1) is 0 Å². The highest BCUT2D eigenvalue weighted by molar-refractivity contribution is 3.95. The van der Waals surface area contributed by atoms with Crippen LogP contribution in [-0.2, 0) is 0 Å². The second-order valence-electron chi connectivity index (χ2n) is 1.47. The van der Waals surface area contributed by atoms with Gasteiger partial charge in [-0.25, -0.2) is 0 Å². The lowest BCUT2D eigenvalue weighted by Crippen LogP contribution is -3.08. The Labute approximate surface area is 38.4 Å². The largest absolute Gasteiger partial charge is 0.347 e. The Morgan fingerprint density at radius 3 is 2.17 bits per heavy atom. The first kappa shape index (κ1) is 5.92. The van der Waals surface area contributed by atoms with E-state index in [9.17, 15) is 0 Å². The van der Waals surface area contributed by atoms with E-state index in [4.69, 9.17) is 5.11 Å². The molecule has 1 atom stereocenters. The van der Waals surface area contributed by atoms with Gasteiger partial charge in [-0.15, -0.1) is 0 Å². The molecule has 0 radical (unpaired) electrons. The van der Waals surface area contributed by atoms with E-state index in [1.165, 1.54) is 0 Å². The Bertz CT molecular complexity index is 26.7. The molecule has 2 N–H and O–H groups in total. The van der Waals surface area contributed by atoms with Crippen molar-refractivity contribution in [2.24, 2.45) is 0 Å². The Balaban J connectivity index is 2.75. The lowest BCUT2D eigenvalue weighted by Gasteiger charge is -2.03. The molecule has 0 saturated heterocycles. The fraction of sp³-hybridized carbons (Fsp3) is 1.00. The Morgan fingerprint density at radius 1 is 1.67 bits per heavy atom. The normalized spacial score (nSPS) is 14.5. The van der Waals surface area contributed by atoms with Gasteiger partial charge in [-0.05, 0) is 6.92 Å². The maximum atomic E-state index is 8.30. The summed E-state index contributed by atoms with van der Waals surface area (Å²) < 4.78 is 0. The second kappa shape index (κ2) is 3.12. The van der Waals surface area contributed by atoms with Crippen molar-refractivity contribution in [3.8, 4) is 0 Å². The minimum absolute atomic E-state index is 0.247. The lowest BCUT2D eigenvalue weighted by molar-refractivity contribution is -0.897. The molecule has 0 amide bonds. The van der Waals surface area contributed by atoms with Gasteiger partial charge in [-0.2, -0.15) is 0 Å². The van der Waals surface area contributed by atoms with Crippen molar-refractivity contribution in [3.63, 3.8) is 0 Å². The third-order valence-electron chi connectivity index (χ3n) is 0.873. The van der Waals surface area contributed by atoms with E-state index < -0.39 is 0 Å². The van der Waals surface area contributed by atoms with Gasteiger partial charge in [0.1, 0.15) is 0 Å². The minimum atomic E-state index is 0.247. The molecule has 0 aromatic carbocycles. The van der Waals surface area contributed by atoms with E-state index in [-0.39, 0.29) is 6.73 Å². The standard InChI is InChI=1S/C4H11NO/c1-3-5(2)4-6/h6H,3-4H2,1-2H3/p+1. The van der Waals surface area contributed by atoms with Crippen molar-refractivity contribution < 1.29 is 10.0 Å². The lowest BCUT2D eigenvalue weighted by atomic mass is 10.7. The number of quaternary nitrogens is 1. The molecule has 0 fully saturated rings. The zero-order valence-electron chi connectivity index (χ0n) is 4.36. The Hall–Kier alpha value is -0.0800. The highest BCUT2D eigenvalue weighted by Crippen LogP contribution is 1.32. The average molecular weight is 90.1 g/mol. The zero-order chi connectivity index (χ0) is 4.99. The van der Waals surface area contributed by atoms with Gasteiger partial charge in [-0.1, -0.05) is 0 Å². The monoisotopic (exact) mass is 90.1 g/mol. The summed E-state index contributed by atoms with van der Waals surface area (Å²) in [6.45, 7) is 3.28. The molecule has 0 aromatic heterocycles. The van der Waals surface area contributed by atoms with Crippen LogP contribution in [0.15, 0.2) is 0 Å².